The van der Waals surface area contributed by atoms with Crippen molar-refractivity contribution in [2.24, 2.45) is 5.11 Å². The molecule has 0 unspecified atom stereocenters. The zero-order chi connectivity index (χ0) is 22.8. The number of hydrogen-bond acceptors (Lipinski definition) is 3. The zero-order valence-electron chi connectivity index (χ0n) is 18.4. The van der Waals surface area contributed by atoms with Gasteiger partial charge in [-0.25, -0.2) is 0 Å². The van der Waals surface area contributed by atoms with Gasteiger partial charge in [-0.3, -0.25) is 4.79 Å². The summed E-state index contributed by atoms with van der Waals surface area (Å²) >= 11 is 0. The number of H-pyrrole nitrogens is 1. The fourth-order valence-electron chi connectivity index (χ4n) is 3.93. The number of fused-ring (bicyclic) bond motifs is 1. The monoisotopic (exact) mass is 431 g/mol. The van der Waals surface area contributed by atoms with Gasteiger partial charge in [0.25, 0.3) is 0 Å². The van der Waals surface area contributed by atoms with E-state index in [0.29, 0.717) is 25.8 Å². The van der Waals surface area contributed by atoms with Gasteiger partial charge in [0, 0.05) is 34.5 Å². The maximum absolute atomic E-state index is 12.6. The Balaban J connectivity index is 1.63. The number of hydrogen-bond donors (Lipinski definition) is 2. The minimum Gasteiger partial charge on any atom is -0.355 e. The second-order valence-electron chi connectivity index (χ2n) is 7.95. The van der Waals surface area contributed by atoms with Crippen LogP contribution in [0.5, 0.6) is 0 Å². The van der Waals surface area contributed by atoms with Gasteiger partial charge in [0.05, 0.1) is 0 Å². The number of ketones is 1. The van der Waals surface area contributed by atoms with Crippen LogP contribution >= 0.6 is 0 Å². The summed E-state index contributed by atoms with van der Waals surface area (Å²) in [5, 5.41) is 7.76. The van der Waals surface area contributed by atoms with Gasteiger partial charge < -0.3 is 15.1 Å². The lowest BCUT2D eigenvalue weighted by atomic mass is 10.0. The normalized spacial score (nSPS) is 11.7. The standard InChI is InChI=1S/C25H29N5O2/c1-18(31)10-4-2-7-15-23(29-30-26)25(32)27-17-16-21-20-13-8-9-14-22(20)28-24(21)19-11-5-3-6-12-19/h3,5-6,8-9,11-14,23,28H,2,4,7,10,15-17H2,1H3,(H,27,32)/t23-/m0/s1. The van der Waals surface area contributed by atoms with Crippen molar-refractivity contribution in [3.63, 3.8) is 0 Å². The van der Waals surface area contributed by atoms with Crippen LogP contribution in [0.3, 0.4) is 0 Å². The largest absolute Gasteiger partial charge is 0.355 e. The van der Waals surface area contributed by atoms with Crippen LogP contribution in [0, 0.1) is 0 Å². The van der Waals surface area contributed by atoms with Crippen LogP contribution in [0.25, 0.3) is 32.6 Å². The number of aromatic nitrogens is 1. The Kier molecular flexibility index (Phi) is 8.46. The number of carbonyl (C=O) groups excluding carboxylic acids is 2. The molecule has 2 aromatic carbocycles. The van der Waals surface area contributed by atoms with Crippen molar-refractivity contribution >= 4 is 22.6 Å². The number of nitrogens with one attached hydrogen (secondary N) is 2. The van der Waals surface area contributed by atoms with E-state index in [0.717, 1.165) is 47.0 Å². The van der Waals surface area contributed by atoms with Gasteiger partial charge in [-0.1, -0.05) is 66.5 Å². The maximum Gasteiger partial charge on any atom is 0.229 e. The first-order chi connectivity index (χ1) is 15.6. The van der Waals surface area contributed by atoms with Gasteiger partial charge >= 0.3 is 0 Å². The summed E-state index contributed by atoms with van der Waals surface area (Å²) in [7, 11) is 0. The molecule has 1 amide bonds. The number of aromatic amines is 1. The second kappa shape index (κ2) is 11.7. The summed E-state index contributed by atoms with van der Waals surface area (Å²) in [5.41, 5.74) is 13.2. The summed E-state index contributed by atoms with van der Waals surface area (Å²) in [4.78, 5) is 30.0. The fraction of sp³-hybridized carbons (Fsp3) is 0.360. The molecule has 1 heterocycles. The number of amides is 1. The summed E-state index contributed by atoms with van der Waals surface area (Å²) in [6.45, 7) is 2.02. The number of azide groups is 1. The SMILES string of the molecule is CC(=O)CCCCC[C@H](N=[N+]=[N-])C(=O)NCCc1c(-c2ccccc2)[nH]c2ccccc12. The van der Waals surface area contributed by atoms with Gasteiger partial charge in [0.2, 0.25) is 5.91 Å². The Morgan fingerprint density at radius 3 is 2.56 bits per heavy atom. The Bertz CT molecular complexity index is 1100. The fourth-order valence-corrected chi connectivity index (χ4v) is 3.93. The molecular weight excluding hydrogens is 402 g/mol. The minimum atomic E-state index is -0.728. The quantitative estimate of drug-likeness (QED) is 0.166. The maximum atomic E-state index is 12.6. The number of Topliss-reactive ketones (excluding diaryl/α,β-unsaturated/α-hetero) is 1. The molecule has 0 saturated heterocycles. The molecule has 7 nitrogen and oxygen atoms in total. The van der Waals surface area contributed by atoms with Crippen molar-refractivity contribution in [2.45, 2.75) is 51.5 Å². The molecule has 0 fully saturated rings. The highest BCUT2D eigenvalue weighted by Crippen LogP contribution is 2.30. The number of unbranched alkanes of at least 4 members (excludes halogenated alkanes) is 2. The molecule has 0 radical (unpaired) electrons. The lowest BCUT2D eigenvalue weighted by molar-refractivity contribution is -0.122. The predicted octanol–water partition coefficient (Wildman–Crippen LogP) is 5.71. The first-order valence-electron chi connectivity index (χ1n) is 11.1. The zero-order valence-corrected chi connectivity index (χ0v) is 18.4. The topological polar surface area (TPSA) is 111 Å². The van der Waals surface area contributed by atoms with Crippen LogP contribution in [0.2, 0.25) is 0 Å². The third-order valence-corrected chi connectivity index (χ3v) is 5.55. The summed E-state index contributed by atoms with van der Waals surface area (Å²) in [6, 6.07) is 17.5. The third-order valence-electron chi connectivity index (χ3n) is 5.55. The molecule has 0 spiro atoms. The summed E-state index contributed by atoms with van der Waals surface area (Å²) in [6.07, 6.45) is 4.05. The van der Waals surface area contributed by atoms with Crippen LogP contribution < -0.4 is 5.32 Å². The highest BCUT2D eigenvalue weighted by atomic mass is 16.2. The number of benzene rings is 2. The Hall–Kier alpha value is -3.57. The van der Waals surface area contributed by atoms with Crippen molar-refractivity contribution in [3.8, 4) is 11.3 Å². The van der Waals surface area contributed by atoms with E-state index < -0.39 is 6.04 Å². The van der Waals surface area contributed by atoms with E-state index in [-0.39, 0.29) is 11.7 Å². The van der Waals surface area contributed by atoms with E-state index in [9.17, 15) is 9.59 Å². The first-order valence-corrected chi connectivity index (χ1v) is 11.1. The molecule has 0 bridgehead atoms. The van der Waals surface area contributed by atoms with E-state index in [1.807, 2.05) is 36.4 Å². The van der Waals surface area contributed by atoms with Crippen LogP contribution in [0.4, 0.5) is 0 Å². The highest BCUT2D eigenvalue weighted by molar-refractivity contribution is 5.91. The molecule has 0 aliphatic heterocycles. The Morgan fingerprint density at radius 2 is 1.81 bits per heavy atom. The number of nitrogens with zero attached hydrogens (tertiary/aromatic N) is 3. The minimum absolute atomic E-state index is 0.168. The summed E-state index contributed by atoms with van der Waals surface area (Å²) in [5.74, 6) is -0.0861. The molecule has 32 heavy (non-hydrogen) atoms. The molecule has 0 saturated carbocycles. The van der Waals surface area contributed by atoms with Gasteiger partial charge in [-0.15, -0.1) is 0 Å². The van der Waals surface area contributed by atoms with Gasteiger partial charge in [-0.05, 0) is 48.9 Å². The van der Waals surface area contributed by atoms with Gasteiger partial charge in [-0.2, -0.15) is 0 Å². The molecule has 3 aromatic rings. The second-order valence-corrected chi connectivity index (χ2v) is 7.95. The predicted molar refractivity (Wildman–Crippen MR) is 127 cm³/mol. The van der Waals surface area contributed by atoms with E-state index in [1.165, 1.54) is 0 Å². The molecule has 166 valence electrons. The smallest absolute Gasteiger partial charge is 0.229 e. The third kappa shape index (κ3) is 6.22. The van der Waals surface area contributed by atoms with Crippen molar-refractivity contribution < 1.29 is 9.59 Å². The van der Waals surface area contributed by atoms with Crippen molar-refractivity contribution in [2.75, 3.05) is 6.54 Å². The van der Waals surface area contributed by atoms with E-state index in [4.69, 9.17) is 5.53 Å². The van der Waals surface area contributed by atoms with Crippen molar-refractivity contribution in [1.29, 1.82) is 0 Å². The van der Waals surface area contributed by atoms with Crippen LogP contribution in [-0.2, 0) is 16.0 Å². The lowest BCUT2D eigenvalue weighted by Gasteiger charge is -2.12. The highest BCUT2D eigenvalue weighted by Gasteiger charge is 2.17. The van der Waals surface area contributed by atoms with Crippen LogP contribution in [0.1, 0.15) is 44.6 Å². The molecule has 0 aliphatic rings. The Morgan fingerprint density at radius 1 is 1.06 bits per heavy atom. The summed E-state index contributed by atoms with van der Waals surface area (Å²) < 4.78 is 0. The number of rotatable bonds is 12. The molecular formula is C25H29N5O2. The van der Waals surface area contributed by atoms with Crippen LogP contribution in [-0.4, -0.2) is 29.3 Å². The molecule has 1 aromatic heterocycles. The molecule has 7 heteroatoms. The molecule has 3 rings (SSSR count). The van der Waals surface area contributed by atoms with E-state index in [1.54, 1.807) is 6.92 Å². The molecule has 0 aliphatic carbocycles. The van der Waals surface area contributed by atoms with Gasteiger partial charge in [0.1, 0.15) is 11.8 Å². The van der Waals surface area contributed by atoms with E-state index in [2.05, 4.69) is 38.5 Å². The number of para-hydroxylation sites is 1. The lowest BCUT2D eigenvalue weighted by Crippen LogP contribution is -2.34. The van der Waals surface area contributed by atoms with Crippen molar-refractivity contribution in [3.05, 3.63) is 70.6 Å². The van der Waals surface area contributed by atoms with Crippen LogP contribution in [0.15, 0.2) is 59.7 Å². The van der Waals surface area contributed by atoms with E-state index >= 15 is 0 Å². The molecule has 1 atom stereocenters. The molecule has 2 N–H and O–H groups in total. The first kappa shape index (κ1) is 23.1. The Labute approximate surface area is 187 Å². The number of carbonyl (C=O) groups is 2. The van der Waals surface area contributed by atoms with Crippen molar-refractivity contribution in [1.82, 2.24) is 10.3 Å². The van der Waals surface area contributed by atoms with Gasteiger partial charge in [0.15, 0.2) is 0 Å². The average molecular weight is 432 g/mol. The average Bonchev–Trinajstić information content (AvgIpc) is 3.17.